The minimum atomic E-state index is 0.0801. The molecule has 1 atom stereocenters. The summed E-state index contributed by atoms with van der Waals surface area (Å²) in [6.07, 6.45) is 0.0801. The highest BCUT2D eigenvalue weighted by Crippen LogP contribution is 2.25. The van der Waals surface area contributed by atoms with Gasteiger partial charge in [0.1, 0.15) is 11.1 Å². The molecule has 0 N–H and O–H groups in total. The van der Waals surface area contributed by atoms with Crippen molar-refractivity contribution in [2.24, 2.45) is 0 Å². The zero-order chi connectivity index (χ0) is 13.2. The van der Waals surface area contributed by atoms with E-state index in [9.17, 15) is 0 Å². The van der Waals surface area contributed by atoms with Gasteiger partial charge in [-0.2, -0.15) is 0 Å². The van der Waals surface area contributed by atoms with Crippen molar-refractivity contribution in [2.75, 3.05) is 19.7 Å². The highest BCUT2D eigenvalue weighted by molar-refractivity contribution is 7.09. The van der Waals surface area contributed by atoms with Gasteiger partial charge in [-0.15, -0.1) is 11.3 Å². The average molecular weight is 279 g/mol. The standard InChI is InChI=1S/C13H17N3O2S/c1-9-5-11(18-15-9)6-16-3-4-17-12(7-16)13-14-10(2)8-19-13/h5,8,12H,3-4,6-7H2,1-2H3/t12-/m0/s1. The van der Waals surface area contributed by atoms with E-state index in [1.807, 2.05) is 19.9 Å². The van der Waals surface area contributed by atoms with Crippen LogP contribution in [0, 0.1) is 13.8 Å². The van der Waals surface area contributed by atoms with Crippen molar-refractivity contribution in [2.45, 2.75) is 26.5 Å². The van der Waals surface area contributed by atoms with Crippen LogP contribution in [0.3, 0.4) is 0 Å². The number of morpholine rings is 1. The van der Waals surface area contributed by atoms with Crippen molar-refractivity contribution in [1.82, 2.24) is 15.0 Å². The molecule has 0 aromatic carbocycles. The lowest BCUT2D eigenvalue weighted by atomic mass is 10.2. The summed E-state index contributed by atoms with van der Waals surface area (Å²) in [6, 6.07) is 1.98. The quantitative estimate of drug-likeness (QED) is 0.863. The number of hydrogen-bond donors (Lipinski definition) is 0. The molecule has 0 aliphatic carbocycles. The largest absolute Gasteiger partial charge is 0.368 e. The lowest BCUT2D eigenvalue weighted by molar-refractivity contribution is -0.0352. The van der Waals surface area contributed by atoms with Gasteiger partial charge in [0.15, 0.2) is 5.76 Å². The van der Waals surface area contributed by atoms with Crippen LogP contribution in [0.2, 0.25) is 0 Å². The fraction of sp³-hybridized carbons (Fsp3) is 0.538. The number of thiazole rings is 1. The van der Waals surface area contributed by atoms with Crippen molar-refractivity contribution >= 4 is 11.3 Å². The Morgan fingerprint density at radius 3 is 3.00 bits per heavy atom. The molecule has 0 saturated carbocycles. The van der Waals surface area contributed by atoms with Crippen LogP contribution in [0.1, 0.15) is 28.3 Å². The van der Waals surface area contributed by atoms with Crippen molar-refractivity contribution in [1.29, 1.82) is 0 Å². The molecule has 0 unspecified atom stereocenters. The van der Waals surface area contributed by atoms with Gasteiger partial charge in [0.05, 0.1) is 18.8 Å². The van der Waals surface area contributed by atoms with E-state index in [2.05, 4.69) is 20.4 Å². The van der Waals surface area contributed by atoms with Gasteiger partial charge in [0.25, 0.3) is 0 Å². The van der Waals surface area contributed by atoms with Gasteiger partial charge in [-0.1, -0.05) is 5.16 Å². The van der Waals surface area contributed by atoms with Gasteiger partial charge in [-0.3, -0.25) is 4.90 Å². The summed E-state index contributed by atoms with van der Waals surface area (Å²) in [4.78, 5) is 6.84. The first-order valence-corrected chi connectivity index (χ1v) is 7.27. The fourth-order valence-electron chi connectivity index (χ4n) is 2.23. The smallest absolute Gasteiger partial charge is 0.150 e. The van der Waals surface area contributed by atoms with E-state index >= 15 is 0 Å². The first-order chi connectivity index (χ1) is 9.20. The molecule has 1 aliphatic heterocycles. The molecular weight excluding hydrogens is 262 g/mol. The molecule has 0 amide bonds. The maximum Gasteiger partial charge on any atom is 0.150 e. The molecule has 2 aromatic heterocycles. The third kappa shape index (κ3) is 3.02. The van der Waals surface area contributed by atoms with E-state index in [1.54, 1.807) is 11.3 Å². The van der Waals surface area contributed by atoms with Crippen molar-refractivity contribution in [3.63, 3.8) is 0 Å². The summed E-state index contributed by atoms with van der Waals surface area (Å²) in [7, 11) is 0. The Bertz CT molecular complexity index is 552. The zero-order valence-corrected chi connectivity index (χ0v) is 11.9. The molecule has 3 rings (SSSR count). The second-order valence-electron chi connectivity index (χ2n) is 4.86. The van der Waals surface area contributed by atoms with Gasteiger partial charge in [0, 0.05) is 30.2 Å². The Morgan fingerprint density at radius 2 is 2.32 bits per heavy atom. The summed E-state index contributed by atoms with van der Waals surface area (Å²) in [6.45, 7) is 7.24. The predicted molar refractivity (Wildman–Crippen MR) is 72.1 cm³/mol. The molecule has 102 valence electrons. The minimum Gasteiger partial charge on any atom is -0.368 e. The van der Waals surface area contributed by atoms with Crippen LogP contribution in [0.5, 0.6) is 0 Å². The molecular formula is C13H17N3O2S. The number of ether oxygens (including phenoxy) is 1. The molecule has 5 nitrogen and oxygen atoms in total. The van der Waals surface area contributed by atoms with E-state index in [4.69, 9.17) is 9.26 Å². The van der Waals surface area contributed by atoms with Crippen LogP contribution in [0.4, 0.5) is 0 Å². The number of nitrogens with zero attached hydrogens (tertiary/aromatic N) is 3. The Balaban J connectivity index is 1.64. The summed E-state index contributed by atoms with van der Waals surface area (Å²) in [5.74, 6) is 0.911. The molecule has 3 heterocycles. The molecule has 0 spiro atoms. The van der Waals surface area contributed by atoms with Gasteiger partial charge < -0.3 is 9.26 Å². The topological polar surface area (TPSA) is 51.4 Å². The molecule has 6 heteroatoms. The highest BCUT2D eigenvalue weighted by Gasteiger charge is 2.24. The maximum atomic E-state index is 5.81. The van der Waals surface area contributed by atoms with Crippen LogP contribution >= 0.6 is 11.3 Å². The molecule has 2 aromatic rings. The summed E-state index contributed by atoms with van der Waals surface area (Å²) in [5, 5.41) is 7.05. The second-order valence-corrected chi connectivity index (χ2v) is 5.75. The monoisotopic (exact) mass is 279 g/mol. The van der Waals surface area contributed by atoms with Crippen LogP contribution < -0.4 is 0 Å². The molecule has 1 fully saturated rings. The number of hydrogen-bond acceptors (Lipinski definition) is 6. The van der Waals surface area contributed by atoms with Crippen molar-refractivity contribution in [3.05, 3.63) is 33.6 Å². The third-order valence-electron chi connectivity index (χ3n) is 3.12. The van der Waals surface area contributed by atoms with Crippen LogP contribution in [-0.4, -0.2) is 34.7 Å². The first-order valence-electron chi connectivity index (χ1n) is 6.39. The normalized spacial score (nSPS) is 20.8. The zero-order valence-electron chi connectivity index (χ0n) is 11.1. The molecule has 0 radical (unpaired) electrons. The van der Waals surface area contributed by atoms with Gasteiger partial charge in [0.2, 0.25) is 0 Å². The lowest BCUT2D eigenvalue weighted by Gasteiger charge is -2.31. The van der Waals surface area contributed by atoms with E-state index in [0.717, 1.165) is 48.4 Å². The van der Waals surface area contributed by atoms with E-state index in [0.29, 0.717) is 0 Å². The predicted octanol–water partition coefficient (Wildman–Crippen LogP) is 2.32. The molecule has 1 aliphatic rings. The Morgan fingerprint density at radius 1 is 1.42 bits per heavy atom. The minimum absolute atomic E-state index is 0.0801. The molecule has 0 bridgehead atoms. The Kier molecular flexibility index (Phi) is 3.63. The van der Waals surface area contributed by atoms with E-state index in [-0.39, 0.29) is 6.10 Å². The van der Waals surface area contributed by atoms with Crippen LogP contribution in [0.25, 0.3) is 0 Å². The first kappa shape index (κ1) is 12.8. The number of rotatable bonds is 3. The number of aromatic nitrogens is 2. The summed E-state index contributed by atoms with van der Waals surface area (Å²) >= 11 is 1.67. The third-order valence-corrected chi connectivity index (χ3v) is 4.17. The Hall–Kier alpha value is -1.24. The highest BCUT2D eigenvalue weighted by atomic mass is 32.1. The van der Waals surface area contributed by atoms with Crippen molar-refractivity contribution in [3.8, 4) is 0 Å². The van der Waals surface area contributed by atoms with Crippen LogP contribution in [0.15, 0.2) is 16.0 Å². The van der Waals surface area contributed by atoms with E-state index < -0.39 is 0 Å². The van der Waals surface area contributed by atoms with Gasteiger partial charge in [-0.05, 0) is 13.8 Å². The van der Waals surface area contributed by atoms with E-state index in [1.165, 1.54) is 0 Å². The molecule has 1 saturated heterocycles. The fourth-order valence-corrected chi connectivity index (χ4v) is 3.06. The Labute approximate surface area is 116 Å². The SMILES string of the molecule is Cc1cc(CN2CCO[C@H](c3nc(C)cs3)C2)on1. The summed E-state index contributed by atoms with van der Waals surface area (Å²) in [5.41, 5.74) is 1.99. The second kappa shape index (κ2) is 5.40. The van der Waals surface area contributed by atoms with Gasteiger partial charge in [-0.25, -0.2) is 4.98 Å². The molecule has 19 heavy (non-hydrogen) atoms. The average Bonchev–Trinajstić information content (AvgIpc) is 2.99. The number of aryl methyl sites for hydroxylation is 2. The van der Waals surface area contributed by atoms with Gasteiger partial charge >= 0.3 is 0 Å². The lowest BCUT2D eigenvalue weighted by Crippen LogP contribution is -2.37. The van der Waals surface area contributed by atoms with Crippen molar-refractivity contribution < 1.29 is 9.26 Å². The van der Waals surface area contributed by atoms with Crippen LogP contribution in [-0.2, 0) is 11.3 Å². The maximum absolute atomic E-state index is 5.81. The summed E-state index contributed by atoms with van der Waals surface area (Å²) < 4.78 is 11.1.